The van der Waals surface area contributed by atoms with Gasteiger partial charge in [0.1, 0.15) is 25.0 Å². The molecule has 142 valence electrons. The van der Waals surface area contributed by atoms with E-state index in [1.807, 2.05) is 0 Å². The second-order valence-electron chi connectivity index (χ2n) is 5.69. The number of ether oxygens (including phenoxy) is 2. The van der Waals surface area contributed by atoms with Gasteiger partial charge in [-0.3, -0.25) is 4.79 Å². The van der Waals surface area contributed by atoms with Crippen molar-refractivity contribution >= 4 is 16.0 Å². The molecule has 1 aliphatic heterocycles. The number of carboxylic acids is 1. The third-order valence-corrected chi connectivity index (χ3v) is 5.81. The summed E-state index contributed by atoms with van der Waals surface area (Å²) in [7, 11) is -2.38. The Morgan fingerprint density at radius 2 is 1.96 bits per heavy atom. The van der Waals surface area contributed by atoms with Gasteiger partial charge >= 0.3 is 5.97 Å². The molecule has 8 nitrogen and oxygen atoms in total. The zero-order chi connectivity index (χ0) is 19.2. The van der Waals surface area contributed by atoms with Crippen LogP contribution >= 0.6 is 0 Å². The predicted molar refractivity (Wildman–Crippen MR) is 94.4 cm³/mol. The first-order chi connectivity index (χ1) is 12.4. The molecule has 26 heavy (non-hydrogen) atoms. The molecule has 2 N–H and O–H groups in total. The van der Waals surface area contributed by atoms with E-state index >= 15 is 0 Å². The van der Waals surface area contributed by atoms with E-state index in [4.69, 9.17) is 9.47 Å². The van der Waals surface area contributed by atoms with Gasteiger partial charge in [0, 0.05) is 26.2 Å². The molecular formula is C17H22N2O6S. The molecule has 2 rings (SSSR count). The first-order valence-corrected chi connectivity index (χ1v) is 9.47. The van der Waals surface area contributed by atoms with E-state index in [1.54, 1.807) is 14.0 Å². The number of carboxylic acid groups (broad SMARTS) is 1. The van der Waals surface area contributed by atoms with E-state index in [-0.39, 0.29) is 18.0 Å². The van der Waals surface area contributed by atoms with Crippen LogP contribution in [-0.4, -0.2) is 69.3 Å². The SMILES string of the molecule is COCC#CCOc1ccc(S(=O)(=O)N2CCNC(C)C2C(=O)O)cc1. The zero-order valence-electron chi connectivity index (χ0n) is 14.6. The fourth-order valence-electron chi connectivity index (χ4n) is 2.65. The van der Waals surface area contributed by atoms with Crippen molar-refractivity contribution in [3.63, 3.8) is 0 Å². The maximum absolute atomic E-state index is 12.8. The highest BCUT2D eigenvalue weighted by molar-refractivity contribution is 7.89. The van der Waals surface area contributed by atoms with Crippen molar-refractivity contribution in [2.75, 3.05) is 33.4 Å². The molecule has 0 bridgehead atoms. The molecule has 1 aliphatic rings. The number of benzene rings is 1. The van der Waals surface area contributed by atoms with E-state index in [0.717, 1.165) is 4.31 Å². The Kier molecular flexibility index (Phi) is 6.99. The number of nitrogens with zero attached hydrogens (tertiary/aromatic N) is 1. The third kappa shape index (κ3) is 4.74. The molecule has 2 unspecified atom stereocenters. The van der Waals surface area contributed by atoms with Crippen molar-refractivity contribution in [2.45, 2.75) is 23.9 Å². The van der Waals surface area contributed by atoms with Gasteiger partial charge in [-0.1, -0.05) is 11.8 Å². The summed E-state index contributed by atoms with van der Waals surface area (Å²) in [6, 6.07) is 4.21. The van der Waals surface area contributed by atoms with Crippen molar-refractivity contribution in [1.29, 1.82) is 0 Å². The van der Waals surface area contributed by atoms with Gasteiger partial charge in [0.25, 0.3) is 0 Å². The summed E-state index contributed by atoms with van der Waals surface area (Å²) < 4.78 is 36.9. The highest BCUT2D eigenvalue weighted by atomic mass is 32.2. The van der Waals surface area contributed by atoms with Gasteiger partial charge < -0.3 is 19.9 Å². The number of sulfonamides is 1. The molecule has 1 saturated heterocycles. The largest absolute Gasteiger partial charge is 0.481 e. The van der Waals surface area contributed by atoms with E-state index in [2.05, 4.69) is 17.2 Å². The predicted octanol–water partition coefficient (Wildman–Crippen LogP) is 0.151. The molecule has 1 fully saturated rings. The minimum atomic E-state index is -3.93. The molecule has 0 radical (unpaired) electrons. The molecule has 0 aromatic heterocycles. The quantitative estimate of drug-likeness (QED) is 0.675. The van der Waals surface area contributed by atoms with Crippen molar-refractivity contribution in [3.8, 4) is 17.6 Å². The monoisotopic (exact) mass is 382 g/mol. The van der Waals surface area contributed by atoms with Crippen LogP contribution in [0.25, 0.3) is 0 Å². The van der Waals surface area contributed by atoms with E-state index in [9.17, 15) is 18.3 Å². The highest BCUT2D eigenvalue weighted by Crippen LogP contribution is 2.23. The Bertz CT molecular complexity index is 782. The van der Waals surface area contributed by atoms with E-state index in [0.29, 0.717) is 18.9 Å². The van der Waals surface area contributed by atoms with Gasteiger partial charge in [-0.25, -0.2) is 8.42 Å². The van der Waals surface area contributed by atoms with Gasteiger partial charge in [0.05, 0.1) is 4.90 Å². The standard InChI is InChI=1S/C17H22N2O6S/c1-13-16(17(20)21)19(10-9-18-13)26(22,23)15-7-5-14(6-8-15)25-12-4-3-11-24-2/h5-8,13,16,18H,9-12H2,1-2H3,(H,20,21). The molecule has 2 atom stereocenters. The number of piperazine rings is 1. The van der Waals surface area contributed by atoms with Crippen LogP contribution in [0.2, 0.25) is 0 Å². The van der Waals surface area contributed by atoms with Crippen molar-refractivity contribution < 1.29 is 27.8 Å². The summed E-state index contributed by atoms with van der Waals surface area (Å²) in [6.07, 6.45) is 0. The Hall–Kier alpha value is -2.12. The van der Waals surface area contributed by atoms with Crippen molar-refractivity contribution in [3.05, 3.63) is 24.3 Å². The van der Waals surface area contributed by atoms with Crippen LogP contribution in [0.3, 0.4) is 0 Å². The number of rotatable bonds is 6. The van der Waals surface area contributed by atoms with Crippen molar-refractivity contribution in [1.82, 2.24) is 9.62 Å². The first kappa shape index (κ1) is 20.2. The molecule has 0 amide bonds. The fraction of sp³-hybridized carbons (Fsp3) is 0.471. The topological polar surface area (TPSA) is 105 Å². The maximum Gasteiger partial charge on any atom is 0.323 e. The Balaban J connectivity index is 2.13. The Morgan fingerprint density at radius 1 is 1.31 bits per heavy atom. The van der Waals surface area contributed by atoms with Crippen LogP contribution in [0.4, 0.5) is 0 Å². The van der Waals surface area contributed by atoms with Crippen LogP contribution in [0, 0.1) is 11.8 Å². The first-order valence-electron chi connectivity index (χ1n) is 8.03. The summed E-state index contributed by atoms with van der Waals surface area (Å²) in [4.78, 5) is 11.5. The lowest BCUT2D eigenvalue weighted by Crippen LogP contribution is -2.61. The smallest absolute Gasteiger partial charge is 0.323 e. The minimum Gasteiger partial charge on any atom is -0.481 e. The number of nitrogens with one attached hydrogen (secondary N) is 1. The number of aliphatic carboxylic acids is 1. The summed E-state index contributed by atoms with van der Waals surface area (Å²) in [5, 5.41) is 12.4. The average molecular weight is 382 g/mol. The van der Waals surface area contributed by atoms with Crippen molar-refractivity contribution in [2.24, 2.45) is 0 Å². The van der Waals surface area contributed by atoms with E-state index < -0.39 is 28.1 Å². The van der Waals surface area contributed by atoms with E-state index in [1.165, 1.54) is 24.3 Å². The van der Waals surface area contributed by atoms with Gasteiger partial charge in [0.2, 0.25) is 10.0 Å². The Morgan fingerprint density at radius 3 is 2.58 bits per heavy atom. The summed E-state index contributed by atoms with van der Waals surface area (Å²) in [5.74, 6) is 4.79. The second kappa shape index (κ2) is 9.00. The van der Waals surface area contributed by atoms with Crippen LogP contribution in [-0.2, 0) is 19.6 Å². The molecule has 1 aromatic carbocycles. The van der Waals surface area contributed by atoms with Crippen LogP contribution in [0.1, 0.15) is 6.92 Å². The number of methoxy groups -OCH3 is 1. The summed E-state index contributed by atoms with van der Waals surface area (Å²) in [6.45, 7) is 2.62. The Labute approximate surface area is 153 Å². The number of hydrogen-bond acceptors (Lipinski definition) is 6. The zero-order valence-corrected chi connectivity index (χ0v) is 15.5. The van der Waals surface area contributed by atoms with Gasteiger partial charge in [0.15, 0.2) is 0 Å². The molecule has 1 heterocycles. The summed E-state index contributed by atoms with van der Waals surface area (Å²) >= 11 is 0. The van der Waals surface area contributed by atoms with Gasteiger partial charge in [-0.2, -0.15) is 4.31 Å². The number of carbonyl (C=O) groups is 1. The molecule has 9 heteroatoms. The third-order valence-electron chi connectivity index (χ3n) is 3.92. The lowest BCUT2D eigenvalue weighted by Gasteiger charge is -2.36. The van der Waals surface area contributed by atoms with Crippen LogP contribution in [0.15, 0.2) is 29.2 Å². The fourth-order valence-corrected chi connectivity index (χ4v) is 4.30. The number of hydrogen-bond donors (Lipinski definition) is 2. The molecule has 0 spiro atoms. The summed E-state index contributed by atoms with van der Waals surface area (Å²) in [5.41, 5.74) is 0. The molecule has 0 saturated carbocycles. The van der Waals surface area contributed by atoms with Crippen LogP contribution < -0.4 is 10.1 Å². The highest BCUT2D eigenvalue weighted by Gasteiger charge is 2.41. The lowest BCUT2D eigenvalue weighted by atomic mass is 10.1. The lowest BCUT2D eigenvalue weighted by molar-refractivity contribution is -0.143. The second-order valence-corrected chi connectivity index (χ2v) is 7.58. The van der Waals surface area contributed by atoms with Gasteiger partial charge in [-0.05, 0) is 31.2 Å². The molecule has 1 aromatic rings. The molecule has 0 aliphatic carbocycles. The molecular weight excluding hydrogens is 360 g/mol. The average Bonchev–Trinajstić information content (AvgIpc) is 2.61. The van der Waals surface area contributed by atoms with Gasteiger partial charge in [-0.15, -0.1) is 0 Å². The normalized spacial score (nSPS) is 20.8. The minimum absolute atomic E-state index is 0.0238. The maximum atomic E-state index is 12.8. The van der Waals surface area contributed by atoms with Crippen LogP contribution in [0.5, 0.6) is 5.75 Å².